The van der Waals surface area contributed by atoms with Crippen molar-refractivity contribution >= 4 is 11.8 Å². The molecule has 126 valence electrons. The molecule has 6 heteroatoms. The predicted octanol–water partition coefficient (Wildman–Crippen LogP) is 1.64. The lowest BCUT2D eigenvalue weighted by molar-refractivity contribution is -0.128. The molecule has 0 aliphatic rings. The van der Waals surface area contributed by atoms with Crippen molar-refractivity contribution in [1.29, 1.82) is 0 Å². The second-order valence-electron chi connectivity index (χ2n) is 5.15. The Balaban J connectivity index is 1.76. The molecule has 0 fully saturated rings. The highest BCUT2D eigenvalue weighted by molar-refractivity contribution is 5.84. The topological polar surface area (TPSA) is 76.7 Å². The van der Waals surface area contributed by atoms with Crippen LogP contribution in [0.3, 0.4) is 0 Å². The van der Waals surface area contributed by atoms with Crippen LogP contribution < -0.4 is 20.3 Å². The van der Waals surface area contributed by atoms with E-state index in [1.54, 1.807) is 62.8 Å². The second kappa shape index (κ2) is 8.57. The highest BCUT2D eigenvalue weighted by Gasteiger charge is 2.07. The van der Waals surface area contributed by atoms with Crippen molar-refractivity contribution in [3.05, 3.63) is 59.7 Å². The van der Waals surface area contributed by atoms with E-state index >= 15 is 0 Å². The van der Waals surface area contributed by atoms with Crippen molar-refractivity contribution in [2.45, 2.75) is 12.8 Å². The van der Waals surface area contributed by atoms with E-state index in [1.807, 2.05) is 0 Å². The van der Waals surface area contributed by atoms with E-state index in [4.69, 9.17) is 9.47 Å². The molecule has 2 amide bonds. The van der Waals surface area contributed by atoms with Gasteiger partial charge in [0.25, 0.3) is 0 Å². The Labute approximate surface area is 140 Å². The zero-order valence-electron chi connectivity index (χ0n) is 13.7. The molecule has 24 heavy (non-hydrogen) atoms. The summed E-state index contributed by atoms with van der Waals surface area (Å²) >= 11 is 0. The molecule has 0 bridgehead atoms. The van der Waals surface area contributed by atoms with Crippen LogP contribution in [0.25, 0.3) is 0 Å². The fraction of sp³-hybridized carbons (Fsp3) is 0.222. The van der Waals surface area contributed by atoms with Crippen molar-refractivity contribution < 1.29 is 19.1 Å². The number of ether oxygens (including phenoxy) is 2. The summed E-state index contributed by atoms with van der Waals surface area (Å²) in [7, 11) is 3.17. The van der Waals surface area contributed by atoms with Gasteiger partial charge in [0.2, 0.25) is 11.8 Å². The van der Waals surface area contributed by atoms with Gasteiger partial charge in [0.15, 0.2) is 0 Å². The molecule has 0 aromatic heterocycles. The van der Waals surface area contributed by atoms with Crippen LogP contribution >= 0.6 is 0 Å². The van der Waals surface area contributed by atoms with Gasteiger partial charge in [0.1, 0.15) is 11.5 Å². The summed E-state index contributed by atoms with van der Waals surface area (Å²) in [5, 5.41) is 0. The van der Waals surface area contributed by atoms with Gasteiger partial charge in [-0.15, -0.1) is 0 Å². The third-order valence-electron chi connectivity index (χ3n) is 3.39. The Bertz CT molecular complexity index is 620. The SMILES string of the molecule is COc1ccc(CC(=O)NNC(=O)Cc2ccc(OC)cc2)cc1. The maximum atomic E-state index is 11.8. The first-order valence-corrected chi connectivity index (χ1v) is 7.44. The number of hydrazine groups is 1. The minimum absolute atomic E-state index is 0.173. The fourth-order valence-corrected chi connectivity index (χ4v) is 2.09. The molecule has 0 unspecified atom stereocenters. The van der Waals surface area contributed by atoms with Gasteiger partial charge in [-0.25, -0.2) is 0 Å². The van der Waals surface area contributed by atoms with Gasteiger partial charge in [-0.3, -0.25) is 20.4 Å². The summed E-state index contributed by atoms with van der Waals surface area (Å²) in [6.07, 6.45) is 0.347. The average molecular weight is 328 g/mol. The summed E-state index contributed by atoms with van der Waals surface area (Å²) in [4.78, 5) is 23.7. The van der Waals surface area contributed by atoms with Crippen LogP contribution in [0.5, 0.6) is 11.5 Å². The molecule has 0 heterocycles. The molecule has 0 spiro atoms. The Hall–Kier alpha value is -3.02. The molecule has 2 N–H and O–H groups in total. The first-order chi connectivity index (χ1) is 11.6. The number of benzene rings is 2. The first kappa shape index (κ1) is 17.3. The summed E-state index contributed by atoms with van der Waals surface area (Å²) in [6, 6.07) is 14.3. The van der Waals surface area contributed by atoms with Crippen LogP contribution in [0, 0.1) is 0 Å². The van der Waals surface area contributed by atoms with E-state index in [9.17, 15) is 9.59 Å². The maximum absolute atomic E-state index is 11.8. The summed E-state index contributed by atoms with van der Waals surface area (Å²) in [5.74, 6) is 0.880. The van der Waals surface area contributed by atoms with Gasteiger partial charge in [-0.2, -0.15) is 0 Å². The van der Waals surface area contributed by atoms with Crippen LogP contribution in [-0.4, -0.2) is 26.0 Å². The van der Waals surface area contributed by atoms with Crippen LogP contribution in [-0.2, 0) is 22.4 Å². The zero-order chi connectivity index (χ0) is 17.4. The van der Waals surface area contributed by atoms with E-state index in [2.05, 4.69) is 10.9 Å². The third kappa shape index (κ3) is 5.31. The molecule has 2 aromatic rings. The van der Waals surface area contributed by atoms with Gasteiger partial charge < -0.3 is 9.47 Å². The standard InChI is InChI=1S/C18H20N2O4/c1-23-15-7-3-13(4-8-15)11-17(21)19-20-18(22)12-14-5-9-16(24-2)10-6-14/h3-10H,11-12H2,1-2H3,(H,19,21)(H,20,22). The molecule has 2 rings (SSSR count). The number of amides is 2. The monoisotopic (exact) mass is 328 g/mol. The molecular weight excluding hydrogens is 308 g/mol. The highest BCUT2D eigenvalue weighted by Crippen LogP contribution is 2.12. The van der Waals surface area contributed by atoms with Gasteiger partial charge >= 0.3 is 0 Å². The molecular formula is C18H20N2O4. The van der Waals surface area contributed by atoms with Crippen LogP contribution in [0.15, 0.2) is 48.5 Å². The number of methoxy groups -OCH3 is 2. The van der Waals surface area contributed by atoms with Gasteiger partial charge in [0, 0.05) is 0 Å². The number of rotatable bonds is 6. The molecule has 0 radical (unpaired) electrons. The maximum Gasteiger partial charge on any atom is 0.242 e. The number of carbonyl (C=O) groups is 2. The van der Waals surface area contributed by atoms with Crippen LogP contribution in [0.1, 0.15) is 11.1 Å². The van der Waals surface area contributed by atoms with E-state index in [1.165, 1.54) is 0 Å². The van der Waals surface area contributed by atoms with E-state index < -0.39 is 0 Å². The summed E-state index contributed by atoms with van der Waals surface area (Å²) < 4.78 is 10.1. The van der Waals surface area contributed by atoms with E-state index in [-0.39, 0.29) is 24.7 Å². The van der Waals surface area contributed by atoms with Crippen LogP contribution in [0.4, 0.5) is 0 Å². The minimum atomic E-state index is -0.289. The Kier molecular flexibility index (Phi) is 6.19. The van der Waals surface area contributed by atoms with Gasteiger partial charge in [0.05, 0.1) is 27.1 Å². The van der Waals surface area contributed by atoms with E-state index in [0.717, 1.165) is 22.6 Å². The normalized spacial score (nSPS) is 9.92. The Morgan fingerprint density at radius 1 is 0.708 bits per heavy atom. The second-order valence-corrected chi connectivity index (χ2v) is 5.15. The van der Waals surface area contributed by atoms with Gasteiger partial charge in [-0.05, 0) is 35.4 Å². The number of carbonyl (C=O) groups excluding carboxylic acids is 2. The van der Waals surface area contributed by atoms with Crippen molar-refractivity contribution in [1.82, 2.24) is 10.9 Å². The molecule has 0 aliphatic carbocycles. The molecule has 0 atom stereocenters. The summed E-state index contributed by atoms with van der Waals surface area (Å²) in [6.45, 7) is 0. The zero-order valence-corrected chi connectivity index (χ0v) is 13.7. The average Bonchev–Trinajstić information content (AvgIpc) is 2.61. The Morgan fingerprint density at radius 3 is 1.33 bits per heavy atom. The van der Waals surface area contributed by atoms with Crippen LogP contribution in [0.2, 0.25) is 0 Å². The first-order valence-electron chi connectivity index (χ1n) is 7.44. The molecule has 0 saturated heterocycles. The fourth-order valence-electron chi connectivity index (χ4n) is 2.09. The lowest BCUT2D eigenvalue weighted by Crippen LogP contribution is -2.43. The molecule has 6 nitrogen and oxygen atoms in total. The lowest BCUT2D eigenvalue weighted by Gasteiger charge is -2.08. The molecule has 0 saturated carbocycles. The lowest BCUT2D eigenvalue weighted by atomic mass is 10.1. The largest absolute Gasteiger partial charge is 0.497 e. The highest BCUT2D eigenvalue weighted by atomic mass is 16.5. The molecule has 2 aromatic carbocycles. The Morgan fingerprint density at radius 2 is 1.04 bits per heavy atom. The third-order valence-corrected chi connectivity index (χ3v) is 3.39. The van der Waals surface area contributed by atoms with Crippen molar-refractivity contribution in [2.24, 2.45) is 0 Å². The number of hydrogen-bond acceptors (Lipinski definition) is 4. The predicted molar refractivity (Wildman–Crippen MR) is 89.7 cm³/mol. The van der Waals surface area contributed by atoms with Gasteiger partial charge in [-0.1, -0.05) is 24.3 Å². The minimum Gasteiger partial charge on any atom is -0.497 e. The number of nitrogens with one attached hydrogen (secondary N) is 2. The summed E-state index contributed by atoms with van der Waals surface area (Å²) in [5.41, 5.74) is 6.48. The van der Waals surface area contributed by atoms with Crippen molar-refractivity contribution in [2.75, 3.05) is 14.2 Å². The smallest absolute Gasteiger partial charge is 0.242 e. The van der Waals surface area contributed by atoms with Crippen molar-refractivity contribution in [3.8, 4) is 11.5 Å². The number of hydrogen-bond donors (Lipinski definition) is 2. The quantitative estimate of drug-likeness (QED) is 0.790. The van der Waals surface area contributed by atoms with Crippen molar-refractivity contribution in [3.63, 3.8) is 0 Å². The molecule has 0 aliphatic heterocycles. The van der Waals surface area contributed by atoms with E-state index in [0.29, 0.717) is 0 Å².